The highest BCUT2D eigenvalue weighted by Crippen LogP contribution is 2.31. The third-order valence-corrected chi connectivity index (χ3v) is 3.03. The summed E-state index contributed by atoms with van der Waals surface area (Å²) in [5, 5.41) is 14.3. The molecule has 110 valence electrons. The molecule has 0 aliphatic rings. The average molecular weight is 309 g/mol. The molecule has 2 aromatic rings. The van der Waals surface area contributed by atoms with Crippen molar-refractivity contribution in [1.29, 1.82) is 0 Å². The lowest BCUT2D eigenvalue weighted by Gasteiger charge is -2.10. The molecule has 0 saturated carbocycles. The van der Waals surface area contributed by atoms with Gasteiger partial charge in [0.1, 0.15) is 5.75 Å². The fourth-order valence-corrected chi connectivity index (χ4v) is 2.04. The van der Waals surface area contributed by atoms with E-state index in [-0.39, 0.29) is 5.69 Å². The third-order valence-electron chi connectivity index (χ3n) is 2.74. The number of methoxy groups -OCH3 is 1. The second-order valence-electron chi connectivity index (χ2n) is 4.14. The van der Waals surface area contributed by atoms with Crippen molar-refractivity contribution in [2.24, 2.45) is 5.84 Å². The number of nitrogens with zero attached hydrogens (tertiary/aromatic N) is 1. The standard InChI is InChI=1S/C13H13ClN4O3/c1-21-13-3-2-8(7-12(13)14)16-9-4-10(17-15)6-11(5-9)18(19)20/h2-7,16-17H,15H2,1H3. The first-order valence-corrected chi connectivity index (χ1v) is 6.28. The zero-order valence-electron chi connectivity index (χ0n) is 11.1. The summed E-state index contributed by atoms with van der Waals surface area (Å²) in [7, 11) is 1.52. The molecule has 21 heavy (non-hydrogen) atoms. The number of nitrogens with two attached hydrogens (primary N) is 1. The van der Waals surface area contributed by atoms with Gasteiger partial charge < -0.3 is 15.5 Å². The molecule has 0 atom stereocenters. The van der Waals surface area contributed by atoms with Crippen molar-refractivity contribution in [3.8, 4) is 5.75 Å². The number of hydrogen-bond donors (Lipinski definition) is 3. The molecule has 7 nitrogen and oxygen atoms in total. The van der Waals surface area contributed by atoms with Crippen LogP contribution in [0, 0.1) is 10.1 Å². The van der Waals surface area contributed by atoms with Crippen LogP contribution in [0.25, 0.3) is 0 Å². The number of ether oxygens (including phenoxy) is 1. The van der Waals surface area contributed by atoms with Gasteiger partial charge in [-0.3, -0.25) is 16.0 Å². The van der Waals surface area contributed by atoms with Gasteiger partial charge in [0.25, 0.3) is 5.69 Å². The van der Waals surface area contributed by atoms with Crippen molar-refractivity contribution < 1.29 is 9.66 Å². The monoisotopic (exact) mass is 308 g/mol. The normalized spacial score (nSPS) is 10.0. The van der Waals surface area contributed by atoms with Gasteiger partial charge in [-0.2, -0.15) is 0 Å². The van der Waals surface area contributed by atoms with E-state index < -0.39 is 4.92 Å². The highest BCUT2D eigenvalue weighted by Gasteiger charge is 2.10. The van der Waals surface area contributed by atoms with E-state index in [4.69, 9.17) is 22.2 Å². The Balaban J connectivity index is 2.32. The molecule has 0 spiro atoms. The van der Waals surface area contributed by atoms with Crippen molar-refractivity contribution in [2.75, 3.05) is 17.9 Å². The highest BCUT2D eigenvalue weighted by atomic mass is 35.5. The van der Waals surface area contributed by atoms with Gasteiger partial charge in [0.15, 0.2) is 0 Å². The lowest BCUT2D eigenvalue weighted by Crippen LogP contribution is -2.07. The van der Waals surface area contributed by atoms with Crippen LogP contribution in [-0.2, 0) is 0 Å². The molecule has 0 aliphatic heterocycles. The number of rotatable bonds is 5. The summed E-state index contributed by atoms with van der Waals surface area (Å²) in [6.45, 7) is 0. The summed E-state index contributed by atoms with van der Waals surface area (Å²) < 4.78 is 5.06. The first-order valence-electron chi connectivity index (χ1n) is 5.90. The molecule has 4 N–H and O–H groups in total. The minimum absolute atomic E-state index is 0.0763. The minimum atomic E-state index is -0.493. The summed E-state index contributed by atoms with van der Waals surface area (Å²) >= 11 is 6.03. The topological polar surface area (TPSA) is 102 Å². The van der Waals surface area contributed by atoms with Crippen LogP contribution in [0.2, 0.25) is 5.02 Å². The van der Waals surface area contributed by atoms with Crippen molar-refractivity contribution >= 4 is 34.4 Å². The lowest BCUT2D eigenvalue weighted by atomic mass is 10.2. The first kappa shape index (κ1) is 14.9. The Hall–Kier alpha value is -2.51. The Labute approximate surface area is 125 Å². The molecule has 0 unspecified atom stereocenters. The molecule has 0 aromatic heterocycles. The van der Waals surface area contributed by atoms with Crippen LogP contribution in [0.1, 0.15) is 0 Å². The fraction of sp³-hybridized carbons (Fsp3) is 0.0769. The Morgan fingerprint density at radius 2 is 1.90 bits per heavy atom. The van der Waals surface area contributed by atoms with E-state index in [1.165, 1.54) is 19.2 Å². The smallest absolute Gasteiger partial charge is 0.273 e. The molecule has 0 fully saturated rings. The number of anilines is 3. The quantitative estimate of drug-likeness (QED) is 0.445. The number of benzene rings is 2. The molecule has 8 heteroatoms. The van der Waals surface area contributed by atoms with E-state index in [0.717, 1.165) is 0 Å². The van der Waals surface area contributed by atoms with Crippen LogP contribution >= 0.6 is 11.6 Å². The van der Waals surface area contributed by atoms with E-state index in [1.807, 2.05) is 0 Å². The van der Waals surface area contributed by atoms with E-state index >= 15 is 0 Å². The molecule has 0 aliphatic carbocycles. The molecular weight excluding hydrogens is 296 g/mol. The number of halogens is 1. The number of nitro benzene ring substituents is 1. The molecule has 0 radical (unpaired) electrons. The second-order valence-corrected chi connectivity index (χ2v) is 4.55. The summed E-state index contributed by atoms with van der Waals surface area (Å²) in [4.78, 5) is 10.4. The Bertz CT molecular complexity index is 678. The predicted octanol–water partition coefficient (Wildman–Crippen LogP) is 3.29. The zero-order chi connectivity index (χ0) is 15.4. The largest absolute Gasteiger partial charge is 0.495 e. The Morgan fingerprint density at radius 3 is 2.48 bits per heavy atom. The SMILES string of the molecule is COc1ccc(Nc2cc(NN)cc([N+](=O)[O-])c2)cc1Cl. The second kappa shape index (κ2) is 6.29. The zero-order valence-corrected chi connectivity index (χ0v) is 11.8. The van der Waals surface area contributed by atoms with E-state index in [9.17, 15) is 10.1 Å². The minimum Gasteiger partial charge on any atom is -0.495 e. The first-order chi connectivity index (χ1) is 10.0. The van der Waals surface area contributed by atoms with Crippen molar-refractivity contribution in [2.45, 2.75) is 0 Å². The predicted molar refractivity (Wildman–Crippen MR) is 82.2 cm³/mol. The van der Waals surface area contributed by atoms with Crippen LogP contribution < -0.4 is 21.3 Å². The van der Waals surface area contributed by atoms with E-state index in [0.29, 0.717) is 27.8 Å². The molecule has 0 bridgehead atoms. The van der Waals surface area contributed by atoms with Gasteiger partial charge in [-0.1, -0.05) is 11.6 Å². The fourth-order valence-electron chi connectivity index (χ4n) is 1.78. The summed E-state index contributed by atoms with van der Waals surface area (Å²) in [5.74, 6) is 5.85. The van der Waals surface area contributed by atoms with Gasteiger partial charge in [-0.25, -0.2) is 0 Å². The number of nitrogens with one attached hydrogen (secondary N) is 2. The third kappa shape index (κ3) is 3.53. The summed E-state index contributed by atoms with van der Waals surface area (Å²) in [6, 6.07) is 9.49. The maximum absolute atomic E-state index is 10.9. The molecule has 2 rings (SSSR count). The van der Waals surface area contributed by atoms with E-state index in [2.05, 4.69) is 10.7 Å². The number of nitro groups is 1. The number of hydrogen-bond acceptors (Lipinski definition) is 6. The number of nitrogen functional groups attached to an aromatic ring is 1. The van der Waals surface area contributed by atoms with Gasteiger partial charge in [-0.05, 0) is 24.3 Å². The van der Waals surface area contributed by atoms with Crippen LogP contribution in [-0.4, -0.2) is 12.0 Å². The Morgan fingerprint density at radius 1 is 1.19 bits per heavy atom. The molecular formula is C13H13ClN4O3. The van der Waals surface area contributed by atoms with Gasteiger partial charge in [0, 0.05) is 23.5 Å². The van der Waals surface area contributed by atoms with Crippen LogP contribution in [0.4, 0.5) is 22.7 Å². The summed E-state index contributed by atoms with van der Waals surface area (Å²) in [6.07, 6.45) is 0. The molecule has 2 aromatic carbocycles. The Kier molecular flexibility index (Phi) is 4.46. The maximum Gasteiger partial charge on any atom is 0.273 e. The number of hydrazine groups is 1. The van der Waals surface area contributed by atoms with Crippen molar-refractivity contribution in [3.05, 3.63) is 51.5 Å². The van der Waals surface area contributed by atoms with E-state index in [1.54, 1.807) is 24.3 Å². The lowest BCUT2D eigenvalue weighted by molar-refractivity contribution is -0.384. The molecule has 0 heterocycles. The van der Waals surface area contributed by atoms with Crippen LogP contribution in [0.3, 0.4) is 0 Å². The van der Waals surface area contributed by atoms with Gasteiger partial charge in [0.05, 0.1) is 22.7 Å². The molecule has 0 amide bonds. The number of non-ortho nitro benzene ring substituents is 1. The highest BCUT2D eigenvalue weighted by molar-refractivity contribution is 6.32. The van der Waals surface area contributed by atoms with Crippen molar-refractivity contribution in [3.63, 3.8) is 0 Å². The van der Waals surface area contributed by atoms with Crippen LogP contribution in [0.5, 0.6) is 5.75 Å². The van der Waals surface area contributed by atoms with Crippen LogP contribution in [0.15, 0.2) is 36.4 Å². The maximum atomic E-state index is 10.9. The van der Waals surface area contributed by atoms with Gasteiger partial charge in [0.2, 0.25) is 0 Å². The average Bonchev–Trinajstić information content (AvgIpc) is 2.47. The molecule has 0 saturated heterocycles. The van der Waals surface area contributed by atoms with Gasteiger partial charge >= 0.3 is 0 Å². The van der Waals surface area contributed by atoms with Crippen molar-refractivity contribution in [1.82, 2.24) is 0 Å². The summed E-state index contributed by atoms with van der Waals surface area (Å²) in [5.41, 5.74) is 3.92. The van der Waals surface area contributed by atoms with Gasteiger partial charge in [-0.15, -0.1) is 0 Å².